The molecule has 0 aliphatic rings. The van der Waals surface area contributed by atoms with Crippen LogP contribution in [0.4, 0.5) is 5.69 Å². The quantitative estimate of drug-likeness (QED) is 0.655. The Labute approximate surface area is 139 Å². The topological polar surface area (TPSA) is 73.1 Å². The van der Waals surface area contributed by atoms with Gasteiger partial charge >= 0.3 is 0 Å². The second-order valence-corrected chi connectivity index (χ2v) is 5.51. The monoisotopic (exact) mass is 326 g/mol. The molecule has 0 spiro atoms. The largest absolute Gasteiger partial charge is 0.506 e. The van der Waals surface area contributed by atoms with E-state index in [0.717, 1.165) is 11.1 Å². The van der Waals surface area contributed by atoms with Crippen molar-refractivity contribution in [1.29, 1.82) is 5.26 Å². The van der Waals surface area contributed by atoms with Crippen molar-refractivity contribution >= 4 is 29.3 Å². The third kappa shape index (κ3) is 3.91. The van der Waals surface area contributed by atoms with Crippen LogP contribution < -0.4 is 5.32 Å². The molecule has 5 heteroatoms. The maximum absolute atomic E-state index is 12.3. The minimum atomic E-state index is -0.492. The zero-order valence-electron chi connectivity index (χ0n) is 12.7. The first-order valence-corrected chi connectivity index (χ1v) is 7.28. The Morgan fingerprint density at radius 1 is 1.26 bits per heavy atom. The summed E-state index contributed by atoms with van der Waals surface area (Å²) in [4.78, 5) is 12.3. The number of phenols is 1. The molecule has 2 N–H and O–H groups in total. The molecular weight excluding hydrogens is 312 g/mol. The van der Waals surface area contributed by atoms with Crippen LogP contribution in [0.25, 0.3) is 6.08 Å². The van der Waals surface area contributed by atoms with E-state index in [1.54, 1.807) is 6.07 Å². The lowest BCUT2D eigenvalue weighted by Gasteiger charge is -2.11. The number of aromatic hydroxyl groups is 1. The molecule has 2 aromatic carbocycles. The third-order valence-electron chi connectivity index (χ3n) is 3.37. The van der Waals surface area contributed by atoms with E-state index in [1.165, 1.54) is 18.2 Å². The number of carbonyl (C=O) groups is 1. The molecule has 0 unspecified atom stereocenters. The maximum atomic E-state index is 12.3. The standard InChI is InChI=1S/C18H15ClN2O2/c1-11-4-3-5-12(2)17(11)21-18(23)14(10-20)8-13-6-7-16(22)15(19)9-13/h3-9,22H,1-2H3,(H,21,23)/b14-8-. The summed E-state index contributed by atoms with van der Waals surface area (Å²) in [7, 11) is 0. The lowest BCUT2D eigenvalue weighted by Crippen LogP contribution is -2.15. The molecule has 4 nitrogen and oxygen atoms in total. The van der Waals surface area contributed by atoms with E-state index in [9.17, 15) is 15.2 Å². The summed E-state index contributed by atoms with van der Waals surface area (Å²) in [6.07, 6.45) is 1.42. The zero-order chi connectivity index (χ0) is 17.0. The van der Waals surface area contributed by atoms with Crippen molar-refractivity contribution in [2.75, 3.05) is 5.32 Å². The van der Waals surface area contributed by atoms with Gasteiger partial charge in [-0.05, 0) is 48.7 Å². The smallest absolute Gasteiger partial charge is 0.266 e. The average molecular weight is 327 g/mol. The summed E-state index contributed by atoms with van der Waals surface area (Å²) in [5.41, 5.74) is 3.05. The van der Waals surface area contributed by atoms with Gasteiger partial charge in [0.2, 0.25) is 0 Å². The Balaban J connectivity index is 2.30. The zero-order valence-corrected chi connectivity index (χ0v) is 13.5. The molecule has 23 heavy (non-hydrogen) atoms. The highest BCUT2D eigenvalue weighted by atomic mass is 35.5. The van der Waals surface area contributed by atoms with Gasteiger partial charge < -0.3 is 10.4 Å². The fourth-order valence-corrected chi connectivity index (χ4v) is 2.31. The number of amides is 1. The van der Waals surface area contributed by atoms with E-state index < -0.39 is 5.91 Å². The molecule has 0 radical (unpaired) electrons. The number of carbonyl (C=O) groups excluding carboxylic acids is 1. The van der Waals surface area contributed by atoms with E-state index in [0.29, 0.717) is 11.3 Å². The summed E-state index contributed by atoms with van der Waals surface area (Å²) in [5.74, 6) is -0.545. The van der Waals surface area contributed by atoms with Crippen LogP contribution in [0.3, 0.4) is 0 Å². The van der Waals surface area contributed by atoms with Gasteiger partial charge in [0.05, 0.1) is 5.02 Å². The first kappa shape index (κ1) is 16.6. The Bertz CT molecular complexity index is 815. The SMILES string of the molecule is Cc1cccc(C)c1NC(=O)/C(C#N)=C\c1ccc(O)c(Cl)c1. The molecule has 0 bridgehead atoms. The van der Waals surface area contributed by atoms with Crippen molar-refractivity contribution in [2.24, 2.45) is 0 Å². The molecular formula is C18H15ClN2O2. The Kier molecular flexibility index (Phi) is 5.05. The van der Waals surface area contributed by atoms with Gasteiger partial charge in [0, 0.05) is 5.69 Å². The number of rotatable bonds is 3. The van der Waals surface area contributed by atoms with E-state index in [4.69, 9.17) is 11.6 Å². The van der Waals surface area contributed by atoms with Crippen molar-refractivity contribution in [3.63, 3.8) is 0 Å². The number of para-hydroxylation sites is 1. The van der Waals surface area contributed by atoms with Crippen molar-refractivity contribution in [3.8, 4) is 11.8 Å². The molecule has 2 rings (SSSR count). The number of hydrogen-bond acceptors (Lipinski definition) is 3. The Hall–Kier alpha value is -2.77. The molecule has 0 fully saturated rings. The van der Waals surface area contributed by atoms with Crippen molar-refractivity contribution in [2.45, 2.75) is 13.8 Å². The molecule has 116 valence electrons. The van der Waals surface area contributed by atoms with E-state index in [2.05, 4.69) is 5.32 Å². The maximum Gasteiger partial charge on any atom is 0.266 e. The third-order valence-corrected chi connectivity index (χ3v) is 3.67. The molecule has 2 aromatic rings. The Morgan fingerprint density at radius 2 is 1.91 bits per heavy atom. The van der Waals surface area contributed by atoms with Crippen LogP contribution >= 0.6 is 11.6 Å². The highest BCUT2D eigenvalue weighted by Gasteiger charge is 2.12. The molecule has 0 heterocycles. The average Bonchev–Trinajstić information content (AvgIpc) is 2.52. The van der Waals surface area contributed by atoms with Crippen LogP contribution in [0.5, 0.6) is 5.75 Å². The van der Waals surface area contributed by atoms with Gasteiger partial charge in [0.25, 0.3) is 5.91 Å². The second kappa shape index (κ2) is 6.99. The molecule has 0 atom stereocenters. The fraction of sp³-hybridized carbons (Fsp3) is 0.111. The van der Waals surface area contributed by atoms with Crippen LogP contribution in [-0.4, -0.2) is 11.0 Å². The van der Waals surface area contributed by atoms with E-state index in [-0.39, 0.29) is 16.3 Å². The van der Waals surface area contributed by atoms with Crippen LogP contribution in [0.1, 0.15) is 16.7 Å². The molecule has 0 aromatic heterocycles. The minimum Gasteiger partial charge on any atom is -0.506 e. The van der Waals surface area contributed by atoms with Crippen LogP contribution in [0.2, 0.25) is 5.02 Å². The second-order valence-electron chi connectivity index (χ2n) is 5.10. The summed E-state index contributed by atoms with van der Waals surface area (Å²) in [6.45, 7) is 3.77. The van der Waals surface area contributed by atoms with Gasteiger partial charge in [-0.3, -0.25) is 4.79 Å². The van der Waals surface area contributed by atoms with Crippen LogP contribution in [0, 0.1) is 25.2 Å². The van der Waals surface area contributed by atoms with Crippen molar-refractivity contribution in [1.82, 2.24) is 0 Å². The number of anilines is 1. The van der Waals surface area contributed by atoms with Gasteiger partial charge in [0.1, 0.15) is 17.4 Å². The van der Waals surface area contributed by atoms with Crippen LogP contribution in [-0.2, 0) is 4.79 Å². The number of nitrogens with zero attached hydrogens (tertiary/aromatic N) is 1. The summed E-state index contributed by atoms with van der Waals surface area (Å²) >= 11 is 5.83. The Morgan fingerprint density at radius 3 is 2.48 bits per heavy atom. The molecule has 0 saturated heterocycles. The molecule has 1 amide bonds. The van der Waals surface area contributed by atoms with E-state index >= 15 is 0 Å². The molecule has 0 saturated carbocycles. The highest BCUT2D eigenvalue weighted by molar-refractivity contribution is 6.32. The first-order valence-electron chi connectivity index (χ1n) is 6.90. The highest BCUT2D eigenvalue weighted by Crippen LogP contribution is 2.25. The normalized spacial score (nSPS) is 11.0. The minimum absolute atomic E-state index is 0.0468. The summed E-state index contributed by atoms with van der Waals surface area (Å²) in [5, 5.41) is 21.6. The fourth-order valence-electron chi connectivity index (χ4n) is 2.12. The van der Waals surface area contributed by atoms with Crippen molar-refractivity contribution in [3.05, 3.63) is 63.7 Å². The number of aryl methyl sites for hydroxylation is 2. The predicted octanol–water partition coefficient (Wildman–Crippen LogP) is 4.21. The van der Waals surface area contributed by atoms with Gasteiger partial charge in [-0.25, -0.2) is 0 Å². The van der Waals surface area contributed by atoms with Gasteiger partial charge in [-0.1, -0.05) is 35.9 Å². The van der Waals surface area contributed by atoms with E-state index in [1.807, 2.05) is 38.1 Å². The molecule has 0 aliphatic heterocycles. The van der Waals surface area contributed by atoms with Crippen molar-refractivity contribution < 1.29 is 9.90 Å². The summed E-state index contributed by atoms with van der Waals surface area (Å²) < 4.78 is 0. The number of nitriles is 1. The number of nitrogens with one attached hydrogen (secondary N) is 1. The lowest BCUT2D eigenvalue weighted by atomic mass is 10.1. The van der Waals surface area contributed by atoms with Crippen LogP contribution in [0.15, 0.2) is 42.0 Å². The summed E-state index contributed by atoms with van der Waals surface area (Å²) in [6, 6.07) is 12.0. The van der Waals surface area contributed by atoms with Gasteiger partial charge in [-0.2, -0.15) is 5.26 Å². The van der Waals surface area contributed by atoms with Gasteiger partial charge in [0.15, 0.2) is 0 Å². The number of benzene rings is 2. The number of halogens is 1. The molecule has 0 aliphatic carbocycles. The number of phenolic OH excluding ortho intramolecular Hbond substituents is 1. The lowest BCUT2D eigenvalue weighted by molar-refractivity contribution is -0.112. The predicted molar refractivity (Wildman–Crippen MR) is 91.3 cm³/mol. The first-order chi connectivity index (χ1) is 10.9. The number of hydrogen-bond donors (Lipinski definition) is 2. The van der Waals surface area contributed by atoms with Gasteiger partial charge in [-0.15, -0.1) is 0 Å².